The van der Waals surface area contributed by atoms with Crippen molar-refractivity contribution in [3.05, 3.63) is 28.8 Å². The number of rotatable bonds is 3. The molecule has 1 aromatic carbocycles. The van der Waals surface area contributed by atoms with Gasteiger partial charge < -0.3 is 10.1 Å². The molecule has 88 valence electrons. The molecule has 0 aliphatic carbocycles. The topological polar surface area (TPSA) is 21.3 Å². The molecule has 1 atom stereocenters. The van der Waals surface area contributed by atoms with Gasteiger partial charge in [0, 0.05) is 12.5 Å². The molecule has 2 nitrogen and oxygen atoms in total. The third-order valence-electron chi connectivity index (χ3n) is 3.23. The minimum absolute atomic E-state index is 0.681. The Morgan fingerprint density at radius 1 is 1.25 bits per heavy atom. The second-order valence-electron chi connectivity index (χ2n) is 4.90. The Labute approximate surface area is 98.0 Å². The van der Waals surface area contributed by atoms with E-state index in [1.165, 1.54) is 23.1 Å². The highest BCUT2D eigenvalue weighted by atomic mass is 16.5. The zero-order valence-electron chi connectivity index (χ0n) is 10.5. The van der Waals surface area contributed by atoms with Crippen molar-refractivity contribution >= 4 is 0 Å². The molecule has 16 heavy (non-hydrogen) atoms. The first kappa shape index (κ1) is 11.5. The number of aryl methyl sites for hydroxylation is 3. The fourth-order valence-electron chi connectivity index (χ4n) is 2.45. The van der Waals surface area contributed by atoms with Crippen LogP contribution in [-0.4, -0.2) is 19.7 Å². The quantitative estimate of drug-likeness (QED) is 0.843. The lowest BCUT2D eigenvalue weighted by molar-refractivity contribution is 0.257. The Hall–Kier alpha value is -1.02. The molecular weight excluding hydrogens is 198 g/mol. The van der Waals surface area contributed by atoms with E-state index in [-0.39, 0.29) is 0 Å². The number of hydrogen-bond donors (Lipinski definition) is 1. The van der Waals surface area contributed by atoms with E-state index in [1.54, 1.807) is 0 Å². The number of nitrogens with one attached hydrogen (secondary N) is 1. The molecule has 1 aliphatic rings. The van der Waals surface area contributed by atoms with Crippen molar-refractivity contribution in [2.45, 2.75) is 27.2 Å². The number of benzene rings is 1. The molecule has 1 aliphatic heterocycles. The SMILES string of the molecule is Cc1cc(C)c(OCC2CCNC2)c(C)c1. The predicted molar refractivity (Wildman–Crippen MR) is 67.1 cm³/mol. The molecule has 2 heteroatoms. The average Bonchev–Trinajstić information content (AvgIpc) is 2.68. The molecule has 1 fully saturated rings. The highest BCUT2D eigenvalue weighted by Crippen LogP contribution is 2.25. The molecule has 1 N–H and O–H groups in total. The van der Waals surface area contributed by atoms with Crippen LogP contribution in [0.3, 0.4) is 0 Å². The van der Waals surface area contributed by atoms with Crippen LogP contribution in [0, 0.1) is 26.7 Å². The van der Waals surface area contributed by atoms with Crippen LogP contribution in [0.2, 0.25) is 0 Å². The maximum absolute atomic E-state index is 5.97. The summed E-state index contributed by atoms with van der Waals surface area (Å²) in [5.41, 5.74) is 3.82. The first-order valence-corrected chi connectivity index (χ1v) is 6.08. The Morgan fingerprint density at radius 2 is 1.94 bits per heavy atom. The largest absolute Gasteiger partial charge is 0.493 e. The van der Waals surface area contributed by atoms with Gasteiger partial charge in [-0.25, -0.2) is 0 Å². The first-order chi connectivity index (χ1) is 7.66. The molecule has 1 heterocycles. The van der Waals surface area contributed by atoms with Gasteiger partial charge in [0.15, 0.2) is 0 Å². The van der Waals surface area contributed by atoms with Gasteiger partial charge in [0.1, 0.15) is 5.75 Å². The summed E-state index contributed by atoms with van der Waals surface area (Å²) in [6, 6.07) is 4.38. The van der Waals surface area contributed by atoms with E-state index in [9.17, 15) is 0 Å². The van der Waals surface area contributed by atoms with Gasteiger partial charge in [-0.15, -0.1) is 0 Å². The lowest BCUT2D eigenvalue weighted by Crippen LogP contribution is -2.16. The standard InChI is InChI=1S/C14H21NO/c1-10-6-11(2)14(12(3)7-10)16-9-13-4-5-15-8-13/h6-7,13,15H,4-5,8-9H2,1-3H3. The Bertz CT molecular complexity index is 344. The van der Waals surface area contributed by atoms with Crippen LogP contribution in [0.15, 0.2) is 12.1 Å². The van der Waals surface area contributed by atoms with E-state index in [0.717, 1.165) is 25.4 Å². The van der Waals surface area contributed by atoms with Crippen LogP contribution in [0.5, 0.6) is 5.75 Å². The van der Waals surface area contributed by atoms with Crippen LogP contribution in [0.25, 0.3) is 0 Å². The zero-order chi connectivity index (χ0) is 11.5. The van der Waals surface area contributed by atoms with Gasteiger partial charge >= 0.3 is 0 Å². The Balaban J connectivity index is 2.03. The van der Waals surface area contributed by atoms with E-state index in [1.807, 2.05) is 0 Å². The van der Waals surface area contributed by atoms with Crippen molar-refractivity contribution in [2.75, 3.05) is 19.7 Å². The highest BCUT2D eigenvalue weighted by Gasteiger charge is 2.16. The average molecular weight is 219 g/mol. The Kier molecular flexibility index (Phi) is 3.49. The fourth-order valence-corrected chi connectivity index (χ4v) is 2.45. The monoisotopic (exact) mass is 219 g/mol. The van der Waals surface area contributed by atoms with E-state index in [0.29, 0.717) is 5.92 Å². The van der Waals surface area contributed by atoms with Gasteiger partial charge in [0.25, 0.3) is 0 Å². The lowest BCUT2D eigenvalue weighted by atomic mass is 10.1. The van der Waals surface area contributed by atoms with Crippen LogP contribution >= 0.6 is 0 Å². The smallest absolute Gasteiger partial charge is 0.125 e. The Morgan fingerprint density at radius 3 is 2.50 bits per heavy atom. The van der Waals surface area contributed by atoms with Crippen molar-refractivity contribution < 1.29 is 4.74 Å². The minimum Gasteiger partial charge on any atom is -0.493 e. The molecule has 0 amide bonds. The van der Waals surface area contributed by atoms with Crippen LogP contribution in [0.1, 0.15) is 23.1 Å². The second-order valence-corrected chi connectivity index (χ2v) is 4.90. The van der Waals surface area contributed by atoms with Gasteiger partial charge in [-0.3, -0.25) is 0 Å². The van der Waals surface area contributed by atoms with Gasteiger partial charge in [0.2, 0.25) is 0 Å². The predicted octanol–water partition coefficient (Wildman–Crippen LogP) is 2.60. The summed E-state index contributed by atoms with van der Waals surface area (Å²) >= 11 is 0. The summed E-state index contributed by atoms with van der Waals surface area (Å²) in [6.07, 6.45) is 1.24. The van der Waals surface area contributed by atoms with Crippen molar-refractivity contribution in [1.82, 2.24) is 5.32 Å². The summed E-state index contributed by atoms with van der Waals surface area (Å²) in [5.74, 6) is 1.76. The maximum atomic E-state index is 5.97. The summed E-state index contributed by atoms with van der Waals surface area (Å²) in [7, 11) is 0. The molecule has 0 spiro atoms. The van der Waals surface area contributed by atoms with E-state index in [2.05, 4.69) is 38.2 Å². The van der Waals surface area contributed by atoms with Gasteiger partial charge in [0.05, 0.1) is 6.61 Å². The van der Waals surface area contributed by atoms with Crippen LogP contribution < -0.4 is 10.1 Å². The molecule has 0 bridgehead atoms. The third kappa shape index (κ3) is 2.56. The third-order valence-corrected chi connectivity index (χ3v) is 3.23. The van der Waals surface area contributed by atoms with Crippen LogP contribution in [0.4, 0.5) is 0 Å². The molecule has 0 radical (unpaired) electrons. The maximum Gasteiger partial charge on any atom is 0.125 e. The van der Waals surface area contributed by atoms with Gasteiger partial charge in [-0.05, 0) is 44.9 Å². The molecule has 1 saturated heterocycles. The van der Waals surface area contributed by atoms with Crippen molar-refractivity contribution in [3.8, 4) is 5.75 Å². The summed E-state index contributed by atoms with van der Waals surface area (Å²) in [4.78, 5) is 0. The molecule has 1 unspecified atom stereocenters. The van der Waals surface area contributed by atoms with Crippen molar-refractivity contribution in [2.24, 2.45) is 5.92 Å². The normalized spacial score (nSPS) is 20.1. The molecular formula is C14H21NO. The minimum atomic E-state index is 0.681. The van der Waals surface area contributed by atoms with Crippen molar-refractivity contribution in [3.63, 3.8) is 0 Å². The number of ether oxygens (including phenoxy) is 1. The van der Waals surface area contributed by atoms with E-state index in [4.69, 9.17) is 4.74 Å². The first-order valence-electron chi connectivity index (χ1n) is 6.08. The lowest BCUT2D eigenvalue weighted by Gasteiger charge is -2.15. The molecule has 0 aromatic heterocycles. The second kappa shape index (κ2) is 4.88. The summed E-state index contributed by atoms with van der Waals surface area (Å²) < 4.78 is 5.97. The highest BCUT2D eigenvalue weighted by molar-refractivity contribution is 5.42. The van der Waals surface area contributed by atoms with Gasteiger partial charge in [-0.1, -0.05) is 17.7 Å². The van der Waals surface area contributed by atoms with Crippen LogP contribution in [-0.2, 0) is 0 Å². The van der Waals surface area contributed by atoms with E-state index >= 15 is 0 Å². The fraction of sp³-hybridized carbons (Fsp3) is 0.571. The molecule has 1 aromatic rings. The summed E-state index contributed by atoms with van der Waals surface area (Å²) in [6.45, 7) is 9.47. The van der Waals surface area contributed by atoms with E-state index < -0.39 is 0 Å². The molecule has 2 rings (SSSR count). The number of hydrogen-bond acceptors (Lipinski definition) is 2. The summed E-state index contributed by atoms with van der Waals surface area (Å²) in [5, 5.41) is 3.37. The zero-order valence-corrected chi connectivity index (χ0v) is 10.5. The molecule has 0 saturated carbocycles. The van der Waals surface area contributed by atoms with Crippen molar-refractivity contribution in [1.29, 1.82) is 0 Å². The van der Waals surface area contributed by atoms with Gasteiger partial charge in [-0.2, -0.15) is 0 Å².